The number of sulfone groups is 1. The third kappa shape index (κ3) is 3.78. The zero-order valence-corrected chi connectivity index (χ0v) is 19.5. The maximum Gasteiger partial charge on any atom is 0.416 e. The molecule has 13 heteroatoms. The van der Waals surface area contributed by atoms with Crippen LogP contribution in [0.5, 0.6) is 5.75 Å². The number of rotatable bonds is 2. The van der Waals surface area contributed by atoms with Crippen molar-refractivity contribution in [3.05, 3.63) is 70.4 Å². The van der Waals surface area contributed by atoms with Crippen LogP contribution in [-0.2, 0) is 30.8 Å². The highest BCUT2D eigenvalue weighted by Gasteiger charge is 2.61. The Labute approximate surface area is 205 Å². The van der Waals surface area contributed by atoms with E-state index in [0.717, 1.165) is 24.3 Å². The molecule has 0 saturated heterocycles. The van der Waals surface area contributed by atoms with Crippen molar-refractivity contribution in [2.45, 2.75) is 42.5 Å². The molecule has 2 aliphatic heterocycles. The molecule has 6 nitrogen and oxygen atoms in total. The molecule has 0 radical (unpaired) electrons. The first-order valence-corrected chi connectivity index (χ1v) is 13.7. The third-order valence-corrected chi connectivity index (χ3v) is 10.7. The Hall–Kier alpha value is -2.67. The Morgan fingerprint density at radius 1 is 1.00 bits per heavy atom. The van der Waals surface area contributed by atoms with E-state index in [2.05, 4.69) is 4.72 Å². The van der Waals surface area contributed by atoms with Crippen molar-refractivity contribution in [2.24, 2.45) is 5.92 Å². The second-order valence-electron chi connectivity index (χ2n) is 8.69. The Morgan fingerprint density at radius 3 is 2.28 bits per heavy atom. The molecule has 0 unspecified atom stereocenters. The summed E-state index contributed by atoms with van der Waals surface area (Å²) >= 11 is 0. The number of nitrogens with one attached hydrogen (secondary N) is 1. The van der Waals surface area contributed by atoms with E-state index in [1.807, 2.05) is 0 Å². The van der Waals surface area contributed by atoms with Gasteiger partial charge in [0.05, 0.1) is 28.4 Å². The van der Waals surface area contributed by atoms with Crippen LogP contribution in [0.3, 0.4) is 0 Å². The number of fused-ring (bicyclic) bond motifs is 4. The van der Waals surface area contributed by atoms with E-state index in [4.69, 9.17) is 4.74 Å². The standard InChI is InChI=1S/C22H18F5NO5S2.CH4/c23-16-5-6-17(24)20-19(16)21(35(31,32)13-3-1-12(2-4-13)22(25,26)27)9-7-18-14(15(21)11-33-20)8-10-34(29,30)28-18;/h1-6,15,28H,7-11H2;1H4/t15-,21-;/m0./s1. The summed E-state index contributed by atoms with van der Waals surface area (Å²) in [5.74, 6) is -4.02. The monoisotopic (exact) mass is 551 g/mol. The first kappa shape index (κ1) is 26.4. The topological polar surface area (TPSA) is 89.5 Å². The number of alkyl halides is 3. The predicted molar refractivity (Wildman–Crippen MR) is 120 cm³/mol. The average molecular weight is 552 g/mol. The summed E-state index contributed by atoms with van der Waals surface area (Å²) in [6.45, 7) is -0.381. The van der Waals surface area contributed by atoms with Gasteiger partial charge in [-0.2, -0.15) is 13.2 Å². The van der Waals surface area contributed by atoms with Gasteiger partial charge in [0, 0.05) is 11.6 Å². The van der Waals surface area contributed by atoms with Crippen LogP contribution in [0.1, 0.15) is 37.8 Å². The summed E-state index contributed by atoms with van der Waals surface area (Å²) < 4.78 is 127. The van der Waals surface area contributed by atoms with Gasteiger partial charge in [-0.05, 0) is 61.2 Å². The van der Waals surface area contributed by atoms with Gasteiger partial charge in [0.1, 0.15) is 10.6 Å². The summed E-state index contributed by atoms with van der Waals surface area (Å²) in [5.41, 5.74) is -0.918. The number of hydrogen-bond acceptors (Lipinski definition) is 5. The van der Waals surface area contributed by atoms with Crippen molar-refractivity contribution in [3.63, 3.8) is 0 Å². The van der Waals surface area contributed by atoms with Crippen LogP contribution in [-0.4, -0.2) is 29.2 Å². The van der Waals surface area contributed by atoms with Crippen molar-refractivity contribution >= 4 is 19.9 Å². The van der Waals surface area contributed by atoms with Crippen LogP contribution in [0.15, 0.2) is 52.6 Å². The largest absolute Gasteiger partial charge is 0.489 e. The molecule has 196 valence electrons. The molecule has 36 heavy (non-hydrogen) atoms. The van der Waals surface area contributed by atoms with Crippen LogP contribution >= 0.6 is 0 Å². The van der Waals surface area contributed by atoms with Gasteiger partial charge in [-0.15, -0.1) is 0 Å². The lowest BCUT2D eigenvalue weighted by molar-refractivity contribution is -0.137. The second kappa shape index (κ2) is 8.44. The molecule has 1 aliphatic carbocycles. The van der Waals surface area contributed by atoms with Gasteiger partial charge >= 0.3 is 6.18 Å². The van der Waals surface area contributed by atoms with E-state index < -0.39 is 70.1 Å². The molecule has 1 N–H and O–H groups in total. The highest BCUT2D eigenvalue weighted by Crippen LogP contribution is 2.58. The van der Waals surface area contributed by atoms with E-state index in [9.17, 15) is 34.4 Å². The zero-order chi connectivity index (χ0) is 25.4. The van der Waals surface area contributed by atoms with Crippen LogP contribution in [0.25, 0.3) is 0 Å². The highest BCUT2D eigenvalue weighted by atomic mass is 32.2. The lowest BCUT2D eigenvalue weighted by atomic mass is 9.70. The summed E-state index contributed by atoms with van der Waals surface area (Å²) in [5, 5.41) is 0. The zero-order valence-electron chi connectivity index (χ0n) is 17.8. The summed E-state index contributed by atoms with van der Waals surface area (Å²) in [7, 11) is -8.27. The van der Waals surface area contributed by atoms with E-state index >= 15 is 4.39 Å². The number of benzene rings is 2. The van der Waals surface area contributed by atoms with Crippen molar-refractivity contribution in [1.29, 1.82) is 0 Å². The Balaban J connectivity index is 0.00000304. The molecule has 0 saturated carbocycles. The maximum atomic E-state index is 15.3. The summed E-state index contributed by atoms with van der Waals surface area (Å²) in [6.07, 6.45) is -5.19. The number of sulfonamides is 1. The van der Waals surface area contributed by atoms with Crippen LogP contribution in [0, 0.1) is 17.6 Å². The minimum absolute atomic E-state index is 0. The smallest absolute Gasteiger partial charge is 0.416 e. The Kier molecular flexibility index (Phi) is 6.19. The second-order valence-corrected chi connectivity index (χ2v) is 12.7. The van der Waals surface area contributed by atoms with E-state index in [1.54, 1.807) is 0 Å². The molecule has 3 aliphatic rings. The fourth-order valence-electron chi connectivity index (χ4n) is 5.32. The van der Waals surface area contributed by atoms with Crippen molar-refractivity contribution in [1.82, 2.24) is 4.72 Å². The lowest BCUT2D eigenvalue weighted by Crippen LogP contribution is -2.54. The van der Waals surface area contributed by atoms with Crippen LogP contribution in [0.4, 0.5) is 22.0 Å². The molecule has 0 spiro atoms. The van der Waals surface area contributed by atoms with E-state index in [-0.39, 0.29) is 44.7 Å². The number of allylic oxidation sites excluding steroid dienone is 1. The van der Waals surface area contributed by atoms with Crippen molar-refractivity contribution < 1.29 is 43.5 Å². The van der Waals surface area contributed by atoms with E-state index in [1.165, 1.54) is 0 Å². The normalized spacial score (nSPS) is 24.9. The molecular weight excluding hydrogens is 529 g/mol. The molecule has 2 atom stereocenters. The quantitative estimate of drug-likeness (QED) is 0.548. The number of halogens is 5. The Morgan fingerprint density at radius 2 is 1.64 bits per heavy atom. The highest BCUT2D eigenvalue weighted by molar-refractivity contribution is 7.92. The molecule has 2 heterocycles. The first-order chi connectivity index (χ1) is 16.3. The molecule has 0 fully saturated rings. The predicted octanol–water partition coefficient (Wildman–Crippen LogP) is 4.67. The summed E-state index contributed by atoms with van der Waals surface area (Å²) in [6, 6.07) is 4.39. The van der Waals surface area contributed by atoms with Gasteiger partial charge in [0.15, 0.2) is 21.4 Å². The average Bonchev–Trinajstić information content (AvgIpc) is 2.79. The van der Waals surface area contributed by atoms with Crippen LogP contribution < -0.4 is 9.46 Å². The lowest BCUT2D eigenvalue weighted by Gasteiger charge is -2.49. The van der Waals surface area contributed by atoms with E-state index in [0.29, 0.717) is 17.7 Å². The SMILES string of the molecule is C.O=S1(=O)CCC2=C(CC[C@@]3(S(=O)(=O)c4ccc(C(F)(F)F)cc4)c4c(F)ccc(F)c4OC[C@@H]23)N1. The first-order valence-electron chi connectivity index (χ1n) is 10.5. The van der Waals surface area contributed by atoms with Gasteiger partial charge in [-0.3, -0.25) is 4.72 Å². The third-order valence-electron chi connectivity index (χ3n) is 6.88. The number of hydrogen-bond donors (Lipinski definition) is 1. The maximum absolute atomic E-state index is 15.3. The van der Waals surface area contributed by atoms with Crippen molar-refractivity contribution in [3.8, 4) is 5.75 Å². The van der Waals surface area contributed by atoms with Crippen molar-refractivity contribution in [2.75, 3.05) is 12.4 Å². The molecule has 2 aromatic carbocycles. The molecule has 5 rings (SSSR count). The fraction of sp³-hybridized carbons (Fsp3) is 0.391. The molecular formula is C23H22F5NO5S2. The van der Waals surface area contributed by atoms with Gasteiger partial charge in [0.2, 0.25) is 10.0 Å². The fourth-order valence-corrected chi connectivity index (χ4v) is 8.85. The molecule has 2 aromatic rings. The van der Waals surface area contributed by atoms with Gasteiger partial charge < -0.3 is 4.74 Å². The number of ether oxygens (including phenoxy) is 1. The minimum atomic E-state index is -4.70. The van der Waals surface area contributed by atoms with Gasteiger partial charge in [-0.1, -0.05) is 7.43 Å². The van der Waals surface area contributed by atoms with Gasteiger partial charge in [0.25, 0.3) is 0 Å². The van der Waals surface area contributed by atoms with Gasteiger partial charge in [-0.25, -0.2) is 25.6 Å². The molecule has 0 amide bonds. The Bertz CT molecular complexity index is 1470. The minimum Gasteiger partial charge on any atom is -0.489 e. The molecule has 0 aromatic heterocycles. The van der Waals surface area contributed by atoms with Crippen LogP contribution in [0.2, 0.25) is 0 Å². The molecule has 0 bridgehead atoms. The summed E-state index contributed by atoms with van der Waals surface area (Å²) in [4.78, 5) is -0.493.